The second kappa shape index (κ2) is 8.70. The third-order valence-electron chi connectivity index (χ3n) is 5.07. The van der Waals surface area contributed by atoms with Crippen LogP contribution in [-0.2, 0) is 16.1 Å². The Labute approximate surface area is 184 Å². The highest BCUT2D eigenvalue weighted by Crippen LogP contribution is 2.41. The van der Waals surface area contributed by atoms with Crippen molar-refractivity contribution in [1.82, 2.24) is 4.90 Å². The average Bonchev–Trinajstić information content (AvgIpc) is 3.38. The van der Waals surface area contributed by atoms with Crippen LogP contribution in [0.1, 0.15) is 29.9 Å². The number of rotatable bonds is 6. The van der Waals surface area contributed by atoms with Crippen molar-refractivity contribution in [2.24, 2.45) is 0 Å². The molecule has 2 heterocycles. The molecule has 1 N–H and O–H groups in total. The molecule has 1 aromatic heterocycles. The minimum absolute atomic E-state index is 0.00276. The van der Waals surface area contributed by atoms with E-state index in [0.717, 1.165) is 0 Å². The Bertz CT molecular complexity index is 1140. The van der Waals surface area contributed by atoms with Crippen LogP contribution >= 0.6 is 11.6 Å². The van der Waals surface area contributed by atoms with E-state index in [0.29, 0.717) is 34.3 Å². The number of benzene rings is 2. The van der Waals surface area contributed by atoms with E-state index in [4.69, 9.17) is 20.8 Å². The number of ketones is 1. The van der Waals surface area contributed by atoms with Gasteiger partial charge in [0.05, 0.1) is 36.1 Å². The molecule has 1 saturated heterocycles. The van der Waals surface area contributed by atoms with Gasteiger partial charge in [-0.05, 0) is 42.8 Å². The van der Waals surface area contributed by atoms with Crippen LogP contribution in [0.15, 0.2) is 76.9 Å². The molecule has 1 fully saturated rings. The first kappa shape index (κ1) is 20.8. The van der Waals surface area contributed by atoms with Gasteiger partial charge in [-0.3, -0.25) is 9.59 Å². The van der Waals surface area contributed by atoms with E-state index in [2.05, 4.69) is 0 Å². The lowest BCUT2D eigenvalue weighted by atomic mass is 9.95. The summed E-state index contributed by atoms with van der Waals surface area (Å²) in [5.41, 5.74) is 1.03. The van der Waals surface area contributed by atoms with Crippen LogP contribution in [0.5, 0.6) is 5.75 Å². The number of aliphatic hydroxyl groups excluding tert-OH is 1. The Balaban J connectivity index is 1.83. The Hall–Kier alpha value is -3.51. The van der Waals surface area contributed by atoms with Crippen LogP contribution in [0.3, 0.4) is 0 Å². The lowest BCUT2D eigenvalue weighted by molar-refractivity contribution is -0.140. The molecular formula is C24H20ClNO5. The maximum absolute atomic E-state index is 13.0. The number of hydrogen-bond donors (Lipinski definition) is 1. The van der Waals surface area contributed by atoms with Gasteiger partial charge in [-0.25, -0.2) is 0 Å². The van der Waals surface area contributed by atoms with Gasteiger partial charge in [0.25, 0.3) is 11.7 Å². The van der Waals surface area contributed by atoms with Crippen LogP contribution in [-0.4, -0.2) is 28.3 Å². The van der Waals surface area contributed by atoms with Crippen molar-refractivity contribution in [3.05, 3.63) is 94.4 Å². The van der Waals surface area contributed by atoms with E-state index >= 15 is 0 Å². The van der Waals surface area contributed by atoms with E-state index in [1.54, 1.807) is 24.3 Å². The molecule has 4 rings (SSSR count). The van der Waals surface area contributed by atoms with Gasteiger partial charge in [-0.15, -0.1) is 0 Å². The molecule has 31 heavy (non-hydrogen) atoms. The highest BCUT2D eigenvalue weighted by atomic mass is 35.5. The van der Waals surface area contributed by atoms with E-state index < -0.39 is 17.7 Å². The quantitative estimate of drug-likeness (QED) is 0.335. The van der Waals surface area contributed by atoms with E-state index in [1.165, 1.54) is 17.2 Å². The van der Waals surface area contributed by atoms with Gasteiger partial charge in [-0.2, -0.15) is 0 Å². The van der Waals surface area contributed by atoms with Gasteiger partial charge in [0.1, 0.15) is 17.3 Å². The van der Waals surface area contributed by atoms with Crippen LogP contribution in [0.2, 0.25) is 5.02 Å². The van der Waals surface area contributed by atoms with Crippen molar-refractivity contribution in [3.8, 4) is 5.75 Å². The highest BCUT2D eigenvalue weighted by molar-refractivity contribution is 6.46. The van der Waals surface area contributed by atoms with E-state index in [9.17, 15) is 14.7 Å². The van der Waals surface area contributed by atoms with Gasteiger partial charge in [0.15, 0.2) is 0 Å². The fourth-order valence-corrected chi connectivity index (χ4v) is 3.91. The number of carbonyl (C=O) groups excluding carboxylic acids is 2. The third-order valence-corrected chi connectivity index (χ3v) is 5.36. The Morgan fingerprint density at radius 1 is 1.13 bits per heavy atom. The number of furan rings is 1. The minimum atomic E-state index is -0.767. The number of ether oxygens (including phenoxy) is 1. The van der Waals surface area contributed by atoms with Crippen molar-refractivity contribution in [2.75, 3.05) is 6.61 Å². The molecule has 7 heteroatoms. The molecular weight excluding hydrogens is 418 g/mol. The fraction of sp³-hybridized carbons (Fsp3) is 0.167. The Kier molecular flexibility index (Phi) is 5.82. The van der Waals surface area contributed by atoms with Gasteiger partial charge in [0.2, 0.25) is 0 Å². The molecule has 2 aromatic carbocycles. The first-order chi connectivity index (χ1) is 15.0. The zero-order chi connectivity index (χ0) is 22.0. The molecule has 6 nitrogen and oxygen atoms in total. The van der Waals surface area contributed by atoms with Crippen molar-refractivity contribution < 1.29 is 23.8 Å². The topological polar surface area (TPSA) is 80.0 Å². The number of likely N-dealkylation sites (tertiary alicyclic amines) is 1. The van der Waals surface area contributed by atoms with Gasteiger partial charge in [-0.1, -0.05) is 41.9 Å². The van der Waals surface area contributed by atoms with E-state index in [1.807, 2.05) is 37.3 Å². The molecule has 0 radical (unpaired) electrons. The Morgan fingerprint density at radius 2 is 1.90 bits per heavy atom. The first-order valence-electron chi connectivity index (χ1n) is 9.79. The number of nitrogens with zero attached hydrogens (tertiary/aromatic N) is 1. The van der Waals surface area contributed by atoms with Crippen LogP contribution in [0, 0.1) is 0 Å². The predicted octanol–water partition coefficient (Wildman–Crippen LogP) is 4.95. The third kappa shape index (κ3) is 3.94. The van der Waals surface area contributed by atoms with Gasteiger partial charge in [0, 0.05) is 5.56 Å². The molecule has 0 unspecified atom stereocenters. The van der Waals surface area contributed by atoms with Crippen molar-refractivity contribution in [1.29, 1.82) is 0 Å². The molecule has 0 spiro atoms. The second-order valence-corrected chi connectivity index (χ2v) is 7.40. The number of Topliss-reactive ketones (excluding diaryl/α,β-unsaturated/α-hetero) is 1. The lowest BCUT2D eigenvalue weighted by Crippen LogP contribution is -2.29. The van der Waals surface area contributed by atoms with Crippen molar-refractivity contribution in [3.63, 3.8) is 0 Å². The summed E-state index contributed by atoms with van der Waals surface area (Å²) in [5.74, 6) is -0.753. The minimum Gasteiger partial charge on any atom is -0.507 e. The molecule has 1 atom stereocenters. The summed E-state index contributed by atoms with van der Waals surface area (Å²) in [4.78, 5) is 27.3. The maximum Gasteiger partial charge on any atom is 0.296 e. The van der Waals surface area contributed by atoms with E-state index in [-0.39, 0.29) is 17.9 Å². The molecule has 3 aromatic rings. The largest absolute Gasteiger partial charge is 0.507 e. The predicted molar refractivity (Wildman–Crippen MR) is 116 cm³/mol. The molecule has 0 saturated carbocycles. The molecule has 1 aliphatic rings. The molecule has 0 aliphatic carbocycles. The van der Waals surface area contributed by atoms with Crippen molar-refractivity contribution >= 4 is 29.1 Å². The number of aliphatic hydroxyl groups is 1. The molecule has 0 bridgehead atoms. The summed E-state index contributed by atoms with van der Waals surface area (Å²) in [6.45, 7) is 2.37. The van der Waals surface area contributed by atoms with Crippen molar-refractivity contribution in [2.45, 2.75) is 19.5 Å². The summed E-state index contributed by atoms with van der Waals surface area (Å²) in [5, 5.41) is 11.4. The summed E-state index contributed by atoms with van der Waals surface area (Å²) in [7, 11) is 0. The smallest absolute Gasteiger partial charge is 0.296 e. The maximum atomic E-state index is 13.0. The van der Waals surface area contributed by atoms with Crippen LogP contribution in [0.25, 0.3) is 5.76 Å². The highest BCUT2D eigenvalue weighted by Gasteiger charge is 2.46. The Morgan fingerprint density at radius 3 is 2.55 bits per heavy atom. The molecule has 158 valence electrons. The number of carbonyl (C=O) groups is 2. The fourth-order valence-electron chi connectivity index (χ4n) is 3.67. The summed E-state index contributed by atoms with van der Waals surface area (Å²) < 4.78 is 10.8. The summed E-state index contributed by atoms with van der Waals surface area (Å²) in [6.07, 6.45) is 1.51. The lowest BCUT2D eigenvalue weighted by Gasteiger charge is -2.24. The number of halogens is 1. The number of amides is 1. The standard InChI is InChI=1S/C24H20ClNO5/c1-2-30-19-11-10-16(13-18(19)25)22(27)20-21(15-7-4-3-5-8-15)26(24(29)23(20)28)14-17-9-6-12-31-17/h3-13,21,27H,2,14H2,1H3/t21-/m1/s1. The average molecular weight is 438 g/mol. The SMILES string of the molecule is CCOc1ccc(C(O)=C2C(=O)C(=O)N(Cc3ccco3)[C@@H]2c2ccccc2)cc1Cl. The normalized spacial score (nSPS) is 17.9. The summed E-state index contributed by atoms with van der Waals surface area (Å²) >= 11 is 6.27. The molecule has 1 amide bonds. The van der Waals surface area contributed by atoms with Gasteiger partial charge >= 0.3 is 0 Å². The van der Waals surface area contributed by atoms with Crippen LogP contribution in [0.4, 0.5) is 0 Å². The van der Waals surface area contributed by atoms with Gasteiger partial charge < -0.3 is 19.2 Å². The zero-order valence-electron chi connectivity index (χ0n) is 16.7. The molecule has 1 aliphatic heterocycles. The zero-order valence-corrected chi connectivity index (χ0v) is 17.5. The van der Waals surface area contributed by atoms with Crippen LogP contribution < -0.4 is 4.74 Å². The first-order valence-corrected chi connectivity index (χ1v) is 10.2. The second-order valence-electron chi connectivity index (χ2n) is 7.00. The number of hydrogen-bond acceptors (Lipinski definition) is 5. The summed E-state index contributed by atoms with van der Waals surface area (Å²) in [6, 6.07) is 16.5. The monoisotopic (exact) mass is 437 g/mol.